The number of hydrogen-bond acceptors (Lipinski definition) is 4. The zero-order valence-corrected chi connectivity index (χ0v) is 13.8. The van der Waals surface area contributed by atoms with Crippen LogP contribution in [0.15, 0.2) is 23.1 Å². The summed E-state index contributed by atoms with van der Waals surface area (Å²) in [7, 11) is -0.559. The molecule has 0 atom stereocenters. The lowest BCUT2D eigenvalue weighted by atomic mass is 10.2. The Bertz CT molecular complexity index is 597. The molecule has 0 heterocycles. The molecule has 1 aromatic rings. The molecule has 0 fully saturated rings. The minimum absolute atomic E-state index is 0.194. The summed E-state index contributed by atoms with van der Waals surface area (Å²) in [6.45, 7) is 4.72. The van der Waals surface area contributed by atoms with Crippen molar-refractivity contribution in [2.75, 3.05) is 32.5 Å². The van der Waals surface area contributed by atoms with Gasteiger partial charge in [0.25, 0.3) is 0 Å². The Balaban J connectivity index is 2.90. The molecule has 7 heteroatoms. The largest absolute Gasteiger partial charge is 0.325 e. The van der Waals surface area contributed by atoms with Crippen LogP contribution in [0, 0.1) is 6.92 Å². The molecule has 0 radical (unpaired) electrons. The van der Waals surface area contributed by atoms with E-state index in [1.54, 1.807) is 19.1 Å². The molecule has 21 heavy (non-hydrogen) atoms. The number of aryl methyl sites for hydroxylation is 1. The van der Waals surface area contributed by atoms with E-state index in [4.69, 9.17) is 0 Å². The van der Waals surface area contributed by atoms with Gasteiger partial charge in [-0.05, 0) is 37.6 Å². The summed E-state index contributed by atoms with van der Waals surface area (Å²) in [6, 6.07) is 4.87. The predicted octanol–water partition coefficient (Wildman–Crippen LogP) is 1.18. The maximum Gasteiger partial charge on any atom is 0.242 e. The normalized spacial score (nSPS) is 11.7. The van der Waals surface area contributed by atoms with Crippen molar-refractivity contribution in [2.45, 2.75) is 25.2 Å². The van der Waals surface area contributed by atoms with Crippen molar-refractivity contribution in [1.29, 1.82) is 0 Å². The summed E-state index contributed by atoms with van der Waals surface area (Å²) < 4.78 is 25.6. The zero-order valence-electron chi connectivity index (χ0n) is 12.9. The standard InChI is InChI=1S/C14H23N3O3S/c1-5-8-15-10-14(18)16-12-7-6-11(2)13(9-12)21(19,20)17(3)4/h6-7,9,15H,5,8,10H2,1-4H3,(H,16,18). The number of nitrogens with one attached hydrogen (secondary N) is 2. The third-order valence-corrected chi connectivity index (χ3v) is 4.90. The van der Waals surface area contributed by atoms with Crippen molar-refractivity contribution in [3.63, 3.8) is 0 Å². The second-order valence-electron chi connectivity index (χ2n) is 4.99. The quantitative estimate of drug-likeness (QED) is 0.741. The molecular weight excluding hydrogens is 290 g/mol. The maximum atomic E-state index is 12.2. The van der Waals surface area contributed by atoms with Crippen LogP contribution >= 0.6 is 0 Å². The van der Waals surface area contributed by atoms with E-state index in [9.17, 15) is 13.2 Å². The number of hydrogen-bond donors (Lipinski definition) is 2. The van der Waals surface area contributed by atoms with Crippen molar-refractivity contribution in [3.05, 3.63) is 23.8 Å². The van der Waals surface area contributed by atoms with Gasteiger partial charge in [-0.3, -0.25) is 4.79 Å². The summed E-state index contributed by atoms with van der Waals surface area (Å²) in [4.78, 5) is 11.9. The van der Waals surface area contributed by atoms with Crippen LogP contribution in [-0.2, 0) is 14.8 Å². The first-order valence-electron chi connectivity index (χ1n) is 6.82. The van der Waals surface area contributed by atoms with Crippen molar-refractivity contribution in [2.24, 2.45) is 0 Å². The van der Waals surface area contributed by atoms with Crippen molar-refractivity contribution in [1.82, 2.24) is 9.62 Å². The number of carbonyl (C=O) groups excluding carboxylic acids is 1. The van der Waals surface area contributed by atoms with Crippen molar-refractivity contribution < 1.29 is 13.2 Å². The highest BCUT2D eigenvalue weighted by atomic mass is 32.2. The smallest absolute Gasteiger partial charge is 0.242 e. The molecule has 0 saturated heterocycles. The minimum atomic E-state index is -3.52. The van der Waals surface area contributed by atoms with Crippen LogP contribution < -0.4 is 10.6 Å². The number of amides is 1. The van der Waals surface area contributed by atoms with Gasteiger partial charge < -0.3 is 10.6 Å². The van der Waals surface area contributed by atoms with E-state index in [1.165, 1.54) is 20.2 Å². The molecular formula is C14H23N3O3S. The molecule has 2 N–H and O–H groups in total. The highest BCUT2D eigenvalue weighted by molar-refractivity contribution is 7.89. The van der Waals surface area contributed by atoms with Gasteiger partial charge in [0.05, 0.1) is 11.4 Å². The molecule has 0 aliphatic rings. The van der Waals surface area contributed by atoms with Crippen LogP contribution in [0.1, 0.15) is 18.9 Å². The molecule has 0 aromatic heterocycles. The van der Waals surface area contributed by atoms with Crippen LogP contribution in [-0.4, -0.2) is 45.8 Å². The number of nitrogens with zero attached hydrogens (tertiary/aromatic N) is 1. The molecule has 1 aromatic carbocycles. The van der Waals surface area contributed by atoms with E-state index in [0.29, 0.717) is 11.3 Å². The van der Waals surface area contributed by atoms with Crippen molar-refractivity contribution in [3.8, 4) is 0 Å². The average Bonchev–Trinajstić information content (AvgIpc) is 2.41. The Labute approximate surface area is 126 Å². The van der Waals surface area contributed by atoms with Crippen LogP contribution in [0.2, 0.25) is 0 Å². The summed E-state index contributed by atoms with van der Waals surface area (Å²) >= 11 is 0. The van der Waals surface area contributed by atoms with E-state index < -0.39 is 10.0 Å². The number of benzene rings is 1. The molecule has 0 aliphatic heterocycles. The molecule has 0 saturated carbocycles. The van der Waals surface area contributed by atoms with E-state index >= 15 is 0 Å². The second-order valence-corrected chi connectivity index (χ2v) is 7.11. The lowest BCUT2D eigenvalue weighted by Gasteiger charge is -2.15. The lowest BCUT2D eigenvalue weighted by Crippen LogP contribution is -2.28. The van der Waals surface area contributed by atoms with Gasteiger partial charge in [-0.2, -0.15) is 0 Å². The molecule has 6 nitrogen and oxygen atoms in total. The molecule has 118 valence electrons. The topological polar surface area (TPSA) is 78.5 Å². The van der Waals surface area contributed by atoms with Crippen LogP contribution in [0.5, 0.6) is 0 Å². The van der Waals surface area contributed by atoms with Crippen LogP contribution in [0.3, 0.4) is 0 Å². The summed E-state index contributed by atoms with van der Waals surface area (Å²) in [6.07, 6.45) is 0.947. The number of sulfonamides is 1. The molecule has 0 bridgehead atoms. The van der Waals surface area contributed by atoms with Gasteiger partial charge in [-0.1, -0.05) is 13.0 Å². The number of anilines is 1. The van der Waals surface area contributed by atoms with E-state index in [0.717, 1.165) is 17.3 Å². The SMILES string of the molecule is CCCNCC(=O)Nc1ccc(C)c(S(=O)(=O)N(C)C)c1. The van der Waals surface area contributed by atoms with Crippen LogP contribution in [0.4, 0.5) is 5.69 Å². The summed E-state index contributed by atoms with van der Waals surface area (Å²) in [5.41, 5.74) is 1.12. The van der Waals surface area contributed by atoms with Gasteiger partial charge in [-0.25, -0.2) is 12.7 Å². The Morgan fingerprint density at radius 2 is 1.95 bits per heavy atom. The van der Waals surface area contributed by atoms with Crippen molar-refractivity contribution >= 4 is 21.6 Å². The van der Waals surface area contributed by atoms with E-state index in [2.05, 4.69) is 10.6 Å². The Kier molecular flexibility index (Phi) is 6.32. The molecule has 0 unspecified atom stereocenters. The Hall–Kier alpha value is -1.44. The molecule has 0 spiro atoms. The van der Waals surface area contributed by atoms with Crippen LogP contribution in [0.25, 0.3) is 0 Å². The third-order valence-electron chi connectivity index (χ3n) is 2.94. The predicted molar refractivity (Wildman–Crippen MR) is 83.8 cm³/mol. The minimum Gasteiger partial charge on any atom is -0.325 e. The maximum absolute atomic E-state index is 12.2. The first-order valence-corrected chi connectivity index (χ1v) is 8.26. The molecule has 0 aliphatic carbocycles. The van der Waals surface area contributed by atoms with Gasteiger partial charge in [0.2, 0.25) is 15.9 Å². The monoisotopic (exact) mass is 313 g/mol. The Morgan fingerprint density at radius 1 is 1.29 bits per heavy atom. The summed E-state index contributed by atoms with van der Waals surface area (Å²) in [5, 5.41) is 5.69. The highest BCUT2D eigenvalue weighted by Crippen LogP contribution is 2.22. The van der Waals surface area contributed by atoms with E-state index in [-0.39, 0.29) is 17.3 Å². The zero-order chi connectivity index (χ0) is 16.0. The molecule has 1 amide bonds. The van der Waals surface area contributed by atoms with Gasteiger partial charge >= 0.3 is 0 Å². The fourth-order valence-electron chi connectivity index (χ4n) is 1.74. The van der Waals surface area contributed by atoms with Gasteiger partial charge in [0.1, 0.15) is 0 Å². The lowest BCUT2D eigenvalue weighted by molar-refractivity contribution is -0.115. The summed E-state index contributed by atoms with van der Waals surface area (Å²) in [5.74, 6) is -0.194. The third kappa shape index (κ3) is 4.80. The Morgan fingerprint density at radius 3 is 2.52 bits per heavy atom. The fraction of sp³-hybridized carbons (Fsp3) is 0.500. The molecule has 1 rings (SSSR count). The van der Waals surface area contributed by atoms with Gasteiger partial charge in [0.15, 0.2) is 0 Å². The highest BCUT2D eigenvalue weighted by Gasteiger charge is 2.20. The average molecular weight is 313 g/mol. The number of rotatable bonds is 7. The van der Waals surface area contributed by atoms with Gasteiger partial charge in [-0.15, -0.1) is 0 Å². The fourth-order valence-corrected chi connectivity index (χ4v) is 2.88. The first-order chi connectivity index (χ1) is 9.78. The second kappa shape index (κ2) is 7.53. The number of carbonyl (C=O) groups is 1. The van der Waals surface area contributed by atoms with E-state index in [1.807, 2.05) is 6.92 Å². The van der Waals surface area contributed by atoms with Gasteiger partial charge in [0, 0.05) is 19.8 Å². The first kappa shape index (κ1) is 17.6.